The van der Waals surface area contributed by atoms with Crippen molar-refractivity contribution in [2.24, 2.45) is 5.92 Å². The molecule has 23 heavy (non-hydrogen) atoms. The fourth-order valence-corrected chi connectivity index (χ4v) is 3.28. The van der Waals surface area contributed by atoms with Crippen LogP contribution in [-0.2, 0) is 4.74 Å². The van der Waals surface area contributed by atoms with E-state index in [0.717, 1.165) is 17.7 Å². The first-order valence-corrected chi connectivity index (χ1v) is 7.60. The minimum atomic E-state index is -0.412. The largest absolute Gasteiger partial charge is 0.464 e. The zero-order valence-electron chi connectivity index (χ0n) is 12.3. The van der Waals surface area contributed by atoms with Crippen molar-refractivity contribution in [3.05, 3.63) is 64.2 Å². The highest BCUT2D eigenvalue weighted by atomic mass is 16.7. The fraction of sp³-hybridized carbons (Fsp3) is 0.294. The minimum Gasteiger partial charge on any atom is -0.464 e. The standard InChI is InChI=1S/C17H16N2O4/c20-19(21)12-6-7-13-15(10-12)23-17-14(8-9-22-17)16(13)18-11-4-2-1-3-5-11/h1-7,10,14,16-18H,8-9H2/t14-,16-,17+/m1/s1. The highest BCUT2D eigenvalue weighted by Gasteiger charge is 2.42. The molecule has 1 N–H and O–H groups in total. The lowest BCUT2D eigenvalue weighted by Crippen LogP contribution is -2.36. The number of fused-ring (bicyclic) bond motifs is 2. The number of rotatable bonds is 3. The molecule has 1 fully saturated rings. The van der Waals surface area contributed by atoms with Crippen LogP contribution in [0.25, 0.3) is 0 Å². The number of hydrogen-bond acceptors (Lipinski definition) is 5. The lowest BCUT2D eigenvalue weighted by Gasteiger charge is -2.35. The van der Waals surface area contributed by atoms with Crippen LogP contribution in [0.4, 0.5) is 11.4 Å². The van der Waals surface area contributed by atoms with Gasteiger partial charge in [-0.05, 0) is 24.6 Å². The lowest BCUT2D eigenvalue weighted by molar-refractivity contribution is -0.385. The minimum absolute atomic E-state index is 0.00875. The average molecular weight is 312 g/mol. The van der Waals surface area contributed by atoms with E-state index in [4.69, 9.17) is 9.47 Å². The fourth-order valence-electron chi connectivity index (χ4n) is 3.28. The number of nitro benzene ring substituents is 1. The highest BCUT2D eigenvalue weighted by Crippen LogP contribution is 2.45. The van der Waals surface area contributed by atoms with Crippen molar-refractivity contribution >= 4 is 11.4 Å². The molecule has 0 unspecified atom stereocenters. The Labute approximate surface area is 133 Å². The Morgan fingerprint density at radius 2 is 2.00 bits per heavy atom. The van der Waals surface area contributed by atoms with Gasteiger partial charge in [-0.25, -0.2) is 0 Å². The number of ether oxygens (including phenoxy) is 2. The summed E-state index contributed by atoms with van der Waals surface area (Å²) >= 11 is 0. The van der Waals surface area contributed by atoms with Gasteiger partial charge in [0, 0.05) is 23.2 Å². The predicted molar refractivity (Wildman–Crippen MR) is 84.4 cm³/mol. The summed E-state index contributed by atoms with van der Waals surface area (Å²) in [6.45, 7) is 0.637. The molecule has 0 aliphatic carbocycles. The summed E-state index contributed by atoms with van der Waals surface area (Å²) < 4.78 is 11.5. The number of hydrogen-bond donors (Lipinski definition) is 1. The van der Waals surface area contributed by atoms with Crippen molar-refractivity contribution < 1.29 is 14.4 Å². The van der Waals surface area contributed by atoms with E-state index >= 15 is 0 Å². The number of benzene rings is 2. The molecule has 0 saturated carbocycles. The van der Waals surface area contributed by atoms with E-state index in [1.807, 2.05) is 30.3 Å². The molecule has 118 valence electrons. The van der Waals surface area contributed by atoms with Gasteiger partial charge in [0.15, 0.2) is 0 Å². The van der Waals surface area contributed by atoms with E-state index in [2.05, 4.69) is 5.32 Å². The van der Waals surface area contributed by atoms with Crippen molar-refractivity contribution in [2.45, 2.75) is 18.8 Å². The number of nitrogens with one attached hydrogen (secondary N) is 1. The van der Waals surface area contributed by atoms with Gasteiger partial charge in [0.05, 0.1) is 23.6 Å². The molecule has 0 spiro atoms. The van der Waals surface area contributed by atoms with E-state index in [9.17, 15) is 10.1 Å². The second-order valence-corrected chi connectivity index (χ2v) is 5.78. The molecule has 0 radical (unpaired) electrons. The van der Waals surface area contributed by atoms with Crippen LogP contribution in [-0.4, -0.2) is 17.8 Å². The highest BCUT2D eigenvalue weighted by molar-refractivity contribution is 5.52. The Bertz CT molecular complexity index is 735. The van der Waals surface area contributed by atoms with Crippen molar-refractivity contribution in [3.8, 4) is 5.75 Å². The maximum atomic E-state index is 11.0. The maximum Gasteiger partial charge on any atom is 0.273 e. The summed E-state index contributed by atoms with van der Waals surface area (Å²) in [6, 6.07) is 14.7. The van der Waals surface area contributed by atoms with E-state index in [-0.39, 0.29) is 23.9 Å². The van der Waals surface area contributed by atoms with Gasteiger partial charge in [0.2, 0.25) is 6.29 Å². The SMILES string of the molecule is O=[N+]([O-])c1ccc2c(c1)O[C@@H]1OCC[C@@H]1[C@@H]2Nc1ccccc1. The average Bonchev–Trinajstić information content (AvgIpc) is 3.03. The van der Waals surface area contributed by atoms with Crippen LogP contribution < -0.4 is 10.1 Å². The maximum absolute atomic E-state index is 11.0. The first kappa shape index (κ1) is 14.0. The molecule has 0 bridgehead atoms. The van der Waals surface area contributed by atoms with Gasteiger partial charge in [-0.15, -0.1) is 0 Å². The molecule has 3 atom stereocenters. The Morgan fingerprint density at radius 1 is 1.17 bits per heavy atom. The van der Waals surface area contributed by atoms with Crippen LogP contribution in [0.2, 0.25) is 0 Å². The number of nitro groups is 1. The van der Waals surface area contributed by atoms with Crippen molar-refractivity contribution in [2.75, 3.05) is 11.9 Å². The molecule has 1 saturated heterocycles. The van der Waals surface area contributed by atoms with Gasteiger partial charge >= 0.3 is 0 Å². The van der Waals surface area contributed by atoms with Crippen LogP contribution in [0.1, 0.15) is 18.0 Å². The second kappa shape index (κ2) is 5.55. The van der Waals surface area contributed by atoms with E-state index < -0.39 is 4.92 Å². The summed E-state index contributed by atoms with van der Waals surface area (Å²) in [5, 5.41) is 14.5. The molecular weight excluding hydrogens is 296 g/mol. The number of anilines is 1. The molecule has 6 nitrogen and oxygen atoms in total. The van der Waals surface area contributed by atoms with Crippen LogP contribution >= 0.6 is 0 Å². The van der Waals surface area contributed by atoms with E-state index in [1.165, 1.54) is 12.1 Å². The molecule has 2 aliphatic rings. The molecular formula is C17H16N2O4. The van der Waals surface area contributed by atoms with Crippen molar-refractivity contribution in [1.29, 1.82) is 0 Å². The quantitative estimate of drug-likeness (QED) is 0.693. The predicted octanol–water partition coefficient (Wildman–Crippen LogP) is 3.50. The zero-order chi connectivity index (χ0) is 15.8. The summed E-state index contributed by atoms with van der Waals surface area (Å²) in [6.07, 6.45) is 0.539. The van der Waals surface area contributed by atoms with Crippen LogP contribution in [0.15, 0.2) is 48.5 Å². The van der Waals surface area contributed by atoms with Crippen LogP contribution in [0.5, 0.6) is 5.75 Å². The third-order valence-electron chi connectivity index (χ3n) is 4.39. The molecule has 2 aromatic carbocycles. The second-order valence-electron chi connectivity index (χ2n) is 5.78. The Hall–Kier alpha value is -2.60. The van der Waals surface area contributed by atoms with Crippen LogP contribution in [0, 0.1) is 16.0 Å². The first-order chi connectivity index (χ1) is 11.2. The smallest absolute Gasteiger partial charge is 0.273 e. The molecule has 0 aromatic heterocycles. The third-order valence-corrected chi connectivity index (χ3v) is 4.39. The van der Waals surface area contributed by atoms with Gasteiger partial charge < -0.3 is 14.8 Å². The molecule has 2 heterocycles. The molecule has 0 amide bonds. The molecule has 2 aromatic rings. The first-order valence-electron chi connectivity index (χ1n) is 7.60. The van der Waals surface area contributed by atoms with Crippen molar-refractivity contribution in [3.63, 3.8) is 0 Å². The van der Waals surface area contributed by atoms with Crippen LogP contribution in [0.3, 0.4) is 0 Å². The summed E-state index contributed by atoms with van der Waals surface area (Å²) in [5.74, 6) is 0.708. The number of para-hydroxylation sites is 1. The van der Waals surface area contributed by atoms with Gasteiger partial charge in [0.1, 0.15) is 5.75 Å². The number of nitrogens with zero attached hydrogens (tertiary/aromatic N) is 1. The third kappa shape index (κ3) is 2.51. The Kier molecular flexibility index (Phi) is 3.38. The van der Waals surface area contributed by atoms with E-state index in [0.29, 0.717) is 12.4 Å². The lowest BCUT2D eigenvalue weighted by atomic mass is 9.88. The van der Waals surface area contributed by atoms with Gasteiger partial charge in [-0.1, -0.05) is 18.2 Å². The van der Waals surface area contributed by atoms with Gasteiger partial charge in [-0.3, -0.25) is 10.1 Å². The zero-order valence-corrected chi connectivity index (χ0v) is 12.3. The summed E-state index contributed by atoms with van der Waals surface area (Å²) in [4.78, 5) is 10.6. The molecule has 6 heteroatoms. The normalized spacial score (nSPS) is 25.1. The molecule has 2 aliphatic heterocycles. The Balaban J connectivity index is 1.73. The topological polar surface area (TPSA) is 73.6 Å². The Morgan fingerprint density at radius 3 is 2.78 bits per heavy atom. The summed E-state index contributed by atoms with van der Waals surface area (Å²) in [7, 11) is 0. The summed E-state index contributed by atoms with van der Waals surface area (Å²) in [5.41, 5.74) is 1.97. The molecule has 4 rings (SSSR count). The number of non-ortho nitro benzene ring substituents is 1. The van der Waals surface area contributed by atoms with Gasteiger partial charge in [0.25, 0.3) is 5.69 Å². The van der Waals surface area contributed by atoms with E-state index in [1.54, 1.807) is 6.07 Å². The monoisotopic (exact) mass is 312 g/mol. The van der Waals surface area contributed by atoms with Gasteiger partial charge in [-0.2, -0.15) is 0 Å². The van der Waals surface area contributed by atoms with Crippen molar-refractivity contribution in [1.82, 2.24) is 0 Å².